The number of rotatable bonds is 15. The first-order valence-electron chi connectivity index (χ1n) is 15.8. The highest BCUT2D eigenvalue weighted by molar-refractivity contribution is 5.85. The summed E-state index contributed by atoms with van der Waals surface area (Å²) in [5.74, 6) is 0.0998. The van der Waals surface area contributed by atoms with Crippen LogP contribution in [0.5, 0.6) is 0 Å². The first-order chi connectivity index (χ1) is 21.6. The number of nitrogens with zero attached hydrogens (tertiary/aromatic N) is 7. The molecule has 2 amide bonds. The lowest BCUT2D eigenvalue weighted by atomic mass is 10.2. The Hall–Kier alpha value is -4.25. The molecule has 0 saturated carbocycles. The molecule has 1 fully saturated rings. The number of carbonyl (C=O) groups is 4. The van der Waals surface area contributed by atoms with Crippen molar-refractivity contribution < 1.29 is 28.7 Å². The van der Waals surface area contributed by atoms with Gasteiger partial charge in [0.05, 0.1) is 25.7 Å². The first kappa shape index (κ1) is 36.2. The quantitative estimate of drug-likeness (QED) is 0.226. The van der Waals surface area contributed by atoms with E-state index in [2.05, 4.69) is 26.3 Å². The fourth-order valence-electron chi connectivity index (χ4n) is 5.10. The number of esters is 2. The number of amides is 2. The van der Waals surface area contributed by atoms with E-state index in [1.165, 1.54) is 4.90 Å². The second-order valence-electron chi connectivity index (χ2n) is 13.4. The molecule has 0 spiro atoms. The summed E-state index contributed by atoms with van der Waals surface area (Å²) < 4.78 is 14.5. The van der Waals surface area contributed by atoms with Crippen molar-refractivity contribution in [1.82, 2.24) is 34.2 Å². The second kappa shape index (κ2) is 16.4. The lowest BCUT2D eigenvalue weighted by molar-refractivity contribution is -0.156. The van der Waals surface area contributed by atoms with Gasteiger partial charge < -0.3 is 28.8 Å². The molecule has 3 rings (SSSR count). The van der Waals surface area contributed by atoms with Gasteiger partial charge in [-0.1, -0.05) is 0 Å². The van der Waals surface area contributed by atoms with Gasteiger partial charge >= 0.3 is 11.9 Å². The Kier molecular flexibility index (Phi) is 12.9. The fourth-order valence-corrected chi connectivity index (χ4v) is 5.10. The van der Waals surface area contributed by atoms with Gasteiger partial charge in [0, 0.05) is 37.8 Å². The molecule has 14 nitrogen and oxygen atoms in total. The molecule has 3 heterocycles. The number of ether oxygens (including phenoxy) is 2. The highest BCUT2D eigenvalue weighted by Gasteiger charge is 2.28. The summed E-state index contributed by atoms with van der Waals surface area (Å²) in [5, 5.41) is 11.9. The van der Waals surface area contributed by atoms with Crippen LogP contribution in [0.25, 0.3) is 0 Å². The molecular formula is C32H48N8O6. The molecule has 14 heteroatoms. The van der Waals surface area contributed by atoms with Crippen molar-refractivity contribution in [1.29, 1.82) is 5.26 Å². The molecule has 1 N–H and O–H groups in total. The molecule has 0 radical (unpaired) electrons. The summed E-state index contributed by atoms with van der Waals surface area (Å²) in [5.41, 5.74) is -1.22. The van der Waals surface area contributed by atoms with Gasteiger partial charge in [0.15, 0.2) is 0 Å². The maximum atomic E-state index is 12.5. The molecule has 1 aliphatic heterocycles. The van der Waals surface area contributed by atoms with Gasteiger partial charge in [-0.05, 0) is 73.8 Å². The summed E-state index contributed by atoms with van der Waals surface area (Å²) in [6, 6.07) is 1.72. The third kappa shape index (κ3) is 12.3. The SMILES string of the molecule is CC(C)(C)OC(=O)Cn1ccnc1CN(CCCCC(=O)NCC(=O)N1CCC[C@H]1C#N)Cc1nccn1CC(=O)OC(C)(C)C. The highest BCUT2D eigenvalue weighted by Crippen LogP contribution is 2.17. The Morgan fingerprint density at radius 1 is 0.935 bits per heavy atom. The third-order valence-electron chi connectivity index (χ3n) is 7.06. The standard InChI is InChI=1S/C32H48N8O6/c1-31(2,3)45-29(43)22-38-16-12-34-25(38)20-37(21-26-35-13-17-39(26)23-30(44)46-32(4,5)6)14-8-7-11-27(41)36-19-28(42)40-15-9-10-24(40)18-33/h12-13,16-17,24H,7-11,14-15,19-23H2,1-6H3,(H,36,41)/t24-/m0/s1. The van der Waals surface area contributed by atoms with Gasteiger partial charge in [-0.2, -0.15) is 5.26 Å². The highest BCUT2D eigenvalue weighted by atomic mass is 16.6. The van der Waals surface area contributed by atoms with E-state index < -0.39 is 17.2 Å². The first-order valence-corrected chi connectivity index (χ1v) is 15.8. The van der Waals surface area contributed by atoms with E-state index in [0.29, 0.717) is 57.1 Å². The van der Waals surface area contributed by atoms with E-state index in [4.69, 9.17) is 9.47 Å². The Labute approximate surface area is 271 Å². The minimum absolute atomic E-state index is 0.0130. The van der Waals surface area contributed by atoms with Crippen molar-refractivity contribution in [2.75, 3.05) is 19.6 Å². The topological polar surface area (TPSA) is 165 Å². The summed E-state index contributed by atoms with van der Waals surface area (Å²) in [7, 11) is 0. The molecule has 1 saturated heterocycles. The summed E-state index contributed by atoms with van der Waals surface area (Å²) in [4.78, 5) is 62.6. The number of carbonyl (C=O) groups excluding carboxylic acids is 4. The van der Waals surface area contributed by atoms with Crippen LogP contribution < -0.4 is 5.32 Å². The summed E-state index contributed by atoms with van der Waals surface area (Å²) in [6.45, 7) is 12.7. The number of likely N-dealkylation sites (tertiary alicyclic amines) is 1. The lowest BCUT2D eigenvalue weighted by Crippen LogP contribution is -2.42. The number of hydrogen-bond acceptors (Lipinski definition) is 10. The van der Waals surface area contributed by atoms with Crippen LogP contribution in [0, 0.1) is 11.3 Å². The van der Waals surface area contributed by atoms with Crippen molar-refractivity contribution in [3.05, 3.63) is 36.4 Å². The smallest absolute Gasteiger partial charge is 0.326 e. The van der Waals surface area contributed by atoms with Crippen LogP contribution in [0.1, 0.15) is 85.3 Å². The number of imidazole rings is 2. The van der Waals surface area contributed by atoms with Crippen molar-refractivity contribution in [3.8, 4) is 6.07 Å². The molecule has 2 aromatic rings. The predicted molar refractivity (Wildman–Crippen MR) is 167 cm³/mol. The predicted octanol–water partition coefficient (Wildman–Crippen LogP) is 2.57. The van der Waals surface area contributed by atoms with Gasteiger partial charge in [-0.15, -0.1) is 0 Å². The molecule has 0 bridgehead atoms. The van der Waals surface area contributed by atoms with Gasteiger partial charge in [0.25, 0.3) is 0 Å². The molecule has 252 valence electrons. The van der Waals surface area contributed by atoms with E-state index in [-0.39, 0.29) is 49.8 Å². The normalized spacial score (nSPS) is 15.1. The van der Waals surface area contributed by atoms with Crippen LogP contribution >= 0.6 is 0 Å². The van der Waals surface area contributed by atoms with Crippen LogP contribution in [0.3, 0.4) is 0 Å². The average Bonchev–Trinajstić information content (AvgIpc) is 3.69. The zero-order valence-electron chi connectivity index (χ0n) is 28.0. The van der Waals surface area contributed by atoms with Crippen LogP contribution in [-0.2, 0) is 54.8 Å². The molecule has 2 aromatic heterocycles. The van der Waals surface area contributed by atoms with Crippen molar-refractivity contribution in [2.24, 2.45) is 0 Å². The maximum Gasteiger partial charge on any atom is 0.326 e. The van der Waals surface area contributed by atoms with E-state index in [9.17, 15) is 24.4 Å². The average molecular weight is 641 g/mol. The lowest BCUT2D eigenvalue weighted by Gasteiger charge is -2.24. The molecular weight excluding hydrogens is 592 g/mol. The van der Waals surface area contributed by atoms with E-state index in [1.54, 1.807) is 33.9 Å². The minimum atomic E-state index is -0.609. The van der Waals surface area contributed by atoms with Gasteiger partial charge in [0.1, 0.15) is 42.0 Å². The molecule has 0 unspecified atom stereocenters. The van der Waals surface area contributed by atoms with Crippen LogP contribution in [0.2, 0.25) is 0 Å². The molecule has 0 aromatic carbocycles. The fraction of sp³-hybridized carbons (Fsp3) is 0.656. The van der Waals surface area contributed by atoms with E-state index in [1.807, 2.05) is 41.5 Å². The Bertz CT molecular complexity index is 1310. The zero-order chi connectivity index (χ0) is 33.9. The van der Waals surface area contributed by atoms with Gasteiger partial charge in [-0.3, -0.25) is 24.1 Å². The number of nitrogens with one attached hydrogen (secondary N) is 1. The summed E-state index contributed by atoms with van der Waals surface area (Å²) in [6.07, 6.45) is 9.64. The summed E-state index contributed by atoms with van der Waals surface area (Å²) >= 11 is 0. The van der Waals surface area contributed by atoms with Crippen LogP contribution in [0.4, 0.5) is 0 Å². The Balaban J connectivity index is 1.61. The van der Waals surface area contributed by atoms with Crippen LogP contribution in [-0.4, -0.2) is 89.5 Å². The van der Waals surface area contributed by atoms with Crippen molar-refractivity contribution in [2.45, 2.75) is 117 Å². The second-order valence-corrected chi connectivity index (χ2v) is 13.4. The van der Waals surface area contributed by atoms with Crippen molar-refractivity contribution in [3.63, 3.8) is 0 Å². The van der Waals surface area contributed by atoms with E-state index >= 15 is 0 Å². The number of nitriles is 1. The molecule has 46 heavy (non-hydrogen) atoms. The monoisotopic (exact) mass is 640 g/mol. The van der Waals surface area contributed by atoms with Gasteiger partial charge in [0.2, 0.25) is 11.8 Å². The Morgan fingerprint density at radius 3 is 1.98 bits per heavy atom. The largest absolute Gasteiger partial charge is 0.459 e. The van der Waals surface area contributed by atoms with Crippen LogP contribution in [0.15, 0.2) is 24.8 Å². The minimum Gasteiger partial charge on any atom is -0.459 e. The van der Waals surface area contributed by atoms with Gasteiger partial charge in [-0.25, -0.2) is 9.97 Å². The molecule has 0 aliphatic carbocycles. The maximum absolute atomic E-state index is 12.5. The Morgan fingerprint density at radius 2 is 1.48 bits per heavy atom. The third-order valence-corrected chi connectivity index (χ3v) is 7.06. The number of unbranched alkanes of at least 4 members (excludes halogenated alkanes) is 1. The molecule has 1 aliphatic rings. The van der Waals surface area contributed by atoms with Crippen molar-refractivity contribution >= 4 is 23.8 Å². The zero-order valence-corrected chi connectivity index (χ0v) is 28.0. The number of hydrogen-bond donors (Lipinski definition) is 1. The van der Waals surface area contributed by atoms with E-state index in [0.717, 1.165) is 6.42 Å². The number of aromatic nitrogens is 4. The molecule has 1 atom stereocenters.